The average molecular weight is 462 g/mol. The minimum absolute atomic E-state index is 0.104. The Labute approximate surface area is 174 Å². The predicted molar refractivity (Wildman–Crippen MR) is 96.3 cm³/mol. The van der Waals surface area contributed by atoms with Crippen LogP contribution in [0.1, 0.15) is 22.3 Å². The molecule has 0 spiro atoms. The first kappa shape index (κ1) is 22.0. The van der Waals surface area contributed by atoms with Crippen molar-refractivity contribution in [2.24, 2.45) is 0 Å². The lowest BCUT2D eigenvalue weighted by Gasteiger charge is -2.28. The number of phenols is 1. The molecule has 0 aliphatic heterocycles. The van der Waals surface area contributed by atoms with Gasteiger partial charge in [-0.25, -0.2) is 13.2 Å². The van der Waals surface area contributed by atoms with Crippen molar-refractivity contribution in [3.63, 3.8) is 0 Å². The van der Waals surface area contributed by atoms with Gasteiger partial charge in [0.15, 0.2) is 17.5 Å². The summed E-state index contributed by atoms with van der Waals surface area (Å²) in [4.78, 5) is 0. The zero-order valence-electron chi connectivity index (χ0n) is 15.7. The molecule has 1 aliphatic carbocycles. The third kappa shape index (κ3) is 3.67. The maximum atomic E-state index is 14.0. The molecule has 0 unspecified atom stereocenters. The molecule has 0 amide bonds. The molecule has 3 aromatic rings. The zero-order valence-corrected chi connectivity index (χ0v) is 15.7. The molecule has 1 aliphatic rings. The second kappa shape index (κ2) is 7.18. The third-order valence-electron chi connectivity index (χ3n) is 5.27. The smallest absolute Gasteiger partial charge is 0.417 e. The Hall–Kier alpha value is -3.17. The fraction of sp³-hybridized carbons (Fsp3) is 0.182. The van der Waals surface area contributed by atoms with Gasteiger partial charge >= 0.3 is 12.4 Å². The van der Waals surface area contributed by atoms with Crippen molar-refractivity contribution in [2.45, 2.75) is 25.2 Å². The molecule has 0 radical (unpaired) electrons. The van der Waals surface area contributed by atoms with Gasteiger partial charge in [-0.3, -0.25) is 0 Å². The zero-order chi connectivity index (χ0) is 23.6. The minimum atomic E-state index is -5.12. The van der Waals surface area contributed by atoms with Crippen LogP contribution in [-0.2, 0) is 25.2 Å². The largest absolute Gasteiger partial charge is 0.508 e. The van der Waals surface area contributed by atoms with Crippen molar-refractivity contribution in [1.29, 1.82) is 0 Å². The molecule has 10 heteroatoms. The van der Waals surface area contributed by atoms with Crippen LogP contribution >= 0.6 is 0 Å². The van der Waals surface area contributed by atoms with Gasteiger partial charge in [0, 0.05) is 0 Å². The molecular formula is C22H11F9O. The molecule has 168 valence electrons. The number of halogens is 9. The highest BCUT2D eigenvalue weighted by Crippen LogP contribution is 2.50. The first-order chi connectivity index (χ1) is 14.8. The summed E-state index contributed by atoms with van der Waals surface area (Å²) in [5.74, 6) is -5.77. The van der Waals surface area contributed by atoms with Crippen LogP contribution in [0.4, 0.5) is 39.5 Å². The normalized spacial score (nSPS) is 13.7. The Balaban J connectivity index is 2.06. The quantitative estimate of drug-likeness (QED) is 0.298. The standard InChI is InChI=1S/C22H11F9O/c23-16-6-12(7-17(24)20(16)25)11-3-9-1-2-10-4-13(32)8-15(22(29,30)31)19(10)18(9)14(5-11)21(26,27)28/h3-8,32H,1-2H2. The highest BCUT2D eigenvalue weighted by atomic mass is 19.4. The Bertz CT molecular complexity index is 1220. The maximum absolute atomic E-state index is 14.0. The van der Waals surface area contributed by atoms with Gasteiger partial charge in [0.1, 0.15) is 5.75 Å². The minimum Gasteiger partial charge on any atom is -0.508 e. The van der Waals surface area contributed by atoms with Gasteiger partial charge in [-0.05, 0) is 76.6 Å². The summed E-state index contributed by atoms with van der Waals surface area (Å²) in [6, 6.07) is 3.94. The number of hydrogen-bond donors (Lipinski definition) is 1. The summed E-state index contributed by atoms with van der Waals surface area (Å²) >= 11 is 0. The van der Waals surface area contributed by atoms with E-state index in [1.54, 1.807) is 0 Å². The molecule has 0 heterocycles. The van der Waals surface area contributed by atoms with E-state index in [9.17, 15) is 44.6 Å². The number of fused-ring (bicyclic) bond motifs is 3. The fourth-order valence-corrected chi connectivity index (χ4v) is 3.98. The highest BCUT2D eigenvalue weighted by Gasteiger charge is 2.42. The van der Waals surface area contributed by atoms with Crippen molar-refractivity contribution < 1.29 is 44.6 Å². The van der Waals surface area contributed by atoms with Crippen LogP contribution in [0, 0.1) is 17.5 Å². The van der Waals surface area contributed by atoms with E-state index >= 15 is 0 Å². The highest BCUT2D eigenvalue weighted by molar-refractivity contribution is 5.83. The van der Waals surface area contributed by atoms with E-state index in [4.69, 9.17) is 0 Å². The monoisotopic (exact) mass is 462 g/mol. The van der Waals surface area contributed by atoms with Gasteiger partial charge in [0.2, 0.25) is 0 Å². The number of rotatable bonds is 1. The Morgan fingerprint density at radius 1 is 0.594 bits per heavy atom. The fourth-order valence-electron chi connectivity index (χ4n) is 3.98. The van der Waals surface area contributed by atoms with Gasteiger partial charge in [0.25, 0.3) is 0 Å². The first-order valence-corrected chi connectivity index (χ1v) is 9.10. The van der Waals surface area contributed by atoms with Crippen molar-refractivity contribution >= 4 is 0 Å². The SMILES string of the molecule is Oc1cc2c(c(C(F)(F)F)c1)-c1c(cc(-c3cc(F)c(F)c(F)c3)cc1C(F)(F)F)CC2. The van der Waals surface area contributed by atoms with Gasteiger partial charge in [0.05, 0.1) is 11.1 Å². The molecule has 4 rings (SSSR count). The summed E-state index contributed by atoms with van der Waals surface area (Å²) in [7, 11) is 0. The molecular weight excluding hydrogens is 451 g/mol. The van der Waals surface area contributed by atoms with Crippen LogP contribution in [0.25, 0.3) is 22.3 Å². The van der Waals surface area contributed by atoms with Crippen LogP contribution in [0.5, 0.6) is 5.75 Å². The summed E-state index contributed by atoms with van der Waals surface area (Å²) < 4.78 is 123. The summed E-state index contributed by atoms with van der Waals surface area (Å²) in [5, 5.41) is 9.65. The molecule has 0 saturated heterocycles. The number of hydrogen-bond acceptors (Lipinski definition) is 1. The number of benzene rings is 3. The van der Waals surface area contributed by atoms with E-state index in [0.29, 0.717) is 24.3 Å². The van der Waals surface area contributed by atoms with E-state index in [0.717, 1.165) is 12.1 Å². The lowest BCUT2D eigenvalue weighted by Crippen LogP contribution is -2.18. The van der Waals surface area contributed by atoms with E-state index in [-0.39, 0.29) is 29.5 Å². The van der Waals surface area contributed by atoms with Gasteiger partial charge < -0.3 is 5.11 Å². The Kier molecular flexibility index (Phi) is 4.94. The molecule has 3 aromatic carbocycles. The van der Waals surface area contributed by atoms with Crippen LogP contribution in [0.15, 0.2) is 36.4 Å². The van der Waals surface area contributed by atoms with Gasteiger partial charge in [-0.15, -0.1) is 0 Å². The van der Waals surface area contributed by atoms with Gasteiger partial charge in [-0.1, -0.05) is 6.07 Å². The van der Waals surface area contributed by atoms with E-state index < -0.39 is 63.4 Å². The molecule has 0 bridgehead atoms. The van der Waals surface area contributed by atoms with Crippen LogP contribution in [-0.4, -0.2) is 5.11 Å². The molecule has 1 nitrogen and oxygen atoms in total. The number of phenolic OH excluding ortho intramolecular Hbond substituents is 1. The molecule has 0 fully saturated rings. The van der Waals surface area contributed by atoms with Crippen molar-refractivity contribution in [1.82, 2.24) is 0 Å². The van der Waals surface area contributed by atoms with E-state index in [1.165, 1.54) is 0 Å². The Morgan fingerprint density at radius 3 is 1.53 bits per heavy atom. The summed E-state index contributed by atoms with van der Waals surface area (Å²) in [5.41, 5.74) is -5.24. The predicted octanol–water partition coefficient (Wildman–Crippen LogP) is 7.28. The third-order valence-corrected chi connectivity index (χ3v) is 5.27. The molecule has 0 aromatic heterocycles. The lowest BCUT2D eigenvalue weighted by molar-refractivity contribution is -0.139. The number of aromatic hydroxyl groups is 1. The molecule has 1 N–H and O–H groups in total. The second-order valence-electron chi connectivity index (χ2n) is 7.33. The van der Waals surface area contributed by atoms with Crippen LogP contribution in [0.2, 0.25) is 0 Å². The molecule has 0 saturated carbocycles. The summed E-state index contributed by atoms with van der Waals surface area (Å²) in [6.07, 6.45) is -10.4. The Morgan fingerprint density at radius 2 is 1.03 bits per heavy atom. The van der Waals surface area contributed by atoms with Gasteiger partial charge in [-0.2, -0.15) is 26.3 Å². The topological polar surface area (TPSA) is 20.2 Å². The van der Waals surface area contributed by atoms with Crippen LogP contribution < -0.4 is 0 Å². The molecule has 0 atom stereocenters. The van der Waals surface area contributed by atoms with E-state index in [1.807, 2.05) is 0 Å². The number of alkyl halides is 6. The van der Waals surface area contributed by atoms with Crippen LogP contribution in [0.3, 0.4) is 0 Å². The van der Waals surface area contributed by atoms with Crippen molar-refractivity contribution in [3.05, 3.63) is 76.1 Å². The van der Waals surface area contributed by atoms with Crippen molar-refractivity contribution in [3.8, 4) is 28.0 Å². The maximum Gasteiger partial charge on any atom is 0.417 e. The average Bonchev–Trinajstić information content (AvgIpc) is 2.68. The summed E-state index contributed by atoms with van der Waals surface area (Å²) in [6.45, 7) is 0. The second-order valence-corrected chi connectivity index (χ2v) is 7.33. The molecule has 32 heavy (non-hydrogen) atoms. The first-order valence-electron chi connectivity index (χ1n) is 9.10. The van der Waals surface area contributed by atoms with Crippen molar-refractivity contribution in [2.75, 3.05) is 0 Å². The number of aryl methyl sites for hydroxylation is 2. The lowest BCUT2D eigenvalue weighted by atomic mass is 9.78. The van der Waals surface area contributed by atoms with E-state index in [2.05, 4.69) is 0 Å².